The van der Waals surface area contributed by atoms with Gasteiger partial charge in [-0.25, -0.2) is 14.6 Å². The molecule has 8 amide bonds. The first-order chi connectivity index (χ1) is 28.4. The minimum Gasteiger partial charge on any atom is -0.481 e. The highest BCUT2D eigenvalue weighted by Gasteiger charge is 2.67. The van der Waals surface area contributed by atoms with E-state index in [0.29, 0.717) is 0 Å². The first-order valence-corrected chi connectivity index (χ1v) is 22.1. The predicted octanol–water partition coefficient (Wildman–Crippen LogP) is -6.67. The van der Waals surface area contributed by atoms with E-state index in [2.05, 4.69) is 5.11 Å². The molecule has 0 aromatic rings. The highest BCUT2D eigenvalue weighted by molar-refractivity contribution is 7.88. The Bertz CT molecular complexity index is 2430. The summed E-state index contributed by atoms with van der Waals surface area (Å²) in [6.07, 6.45) is -10.8. The lowest BCUT2D eigenvalue weighted by atomic mass is 9.96. The molecule has 0 aromatic carbocycles. The fourth-order valence-corrected chi connectivity index (χ4v) is 9.71. The van der Waals surface area contributed by atoms with Crippen molar-refractivity contribution in [3.8, 4) is 0 Å². The Kier molecular flexibility index (Phi) is 13.2. The normalized spacial score (nSPS) is 24.0. The van der Waals surface area contributed by atoms with Gasteiger partial charge in [-0.1, -0.05) is 0 Å². The van der Waals surface area contributed by atoms with E-state index >= 15 is 0 Å². The van der Waals surface area contributed by atoms with Crippen molar-refractivity contribution in [1.29, 1.82) is 1.43 Å². The monoisotopic (exact) mass is 973 g/mol. The fourth-order valence-electron chi connectivity index (χ4n) is 6.86. The number of carbonyl (C=O) groups excluding carboxylic acids is 8. The lowest BCUT2D eigenvalue weighted by Crippen LogP contribution is -2.69. The Morgan fingerprint density at radius 1 is 0.500 bits per heavy atom. The van der Waals surface area contributed by atoms with Gasteiger partial charge in [-0.05, 0) is 0 Å². The standard InChI is InChI=1S/2C13H14N2O14S2/c16-7-1-5(30(24,25)26)11(22)14(7)13(3-9(18)19,4-10(20)21)15-8(17)2-6(12(15)23)31(27,28)29;16-7-3-5(30(24,25)26)10(20)14(7)13(12(22)23,2-1-9(18)19)15-8(17)4-6(11(15)21)31(27,28)29/h5-6H,1-4H2,(H,18,19)(H,20,21)(H,24,25,26)(H,27,28,29);5-6H,1-4H2,(H,18,19)(H,22,23)(H,24,25,26)(H,27,28,29)/i/hD. The van der Waals surface area contributed by atoms with Crippen molar-refractivity contribution >= 4 is 112 Å². The lowest BCUT2D eigenvalue weighted by molar-refractivity contribution is -0.184. The molecule has 0 spiro atoms. The quantitative estimate of drug-likeness (QED) is 0.0526. The zero-order valence-electron chi connectivity index (χ0n) is 31.1. The van der Waals surface area contributed by atoms with Gasteiger partial charge in [-0.3, -0.25) is 80.8 Å². The summed E-state index contributed by atoms with van der Waals surface area (Å²) in [5, 5.41) is 22.0. The molecule has 4 fully saturated rings. The molecule has 0 saturated carbocycles. The molecule has 344 valence electrons. The topological polar surface area (TPSA) is 516 Å². The van der Waals surface area contributed by atoms with Crippen molar-refractivity contribution in [2.24, 2.45) is 0 Å². The SMILES string of the molecule is O=C(O)CC(CC(=O)O)(N1C(=O)CC(S(=O)(=O)O)C1=O)N1C(=O)CC(S(=O)(=O)O)C1=O.[2H]OC(=O)CCC(C(=O)O)(N1C(=O)CC(S(=O)(=O)O)C1=O)N1C(=O)CC(S(=O)(=O)O)C1=O. The summed E-state index contributed by atoms with van der Waals surface area (Å²) in [5.41, 5.74) is -6.67. The second-order valence-corrected chi connectivity index (χ2v) is 19.6. The Morgan fingerprint density at radius 2 is 0.758 bits per heavy atom. The molecular formula is C26H28N4O28S4. The third-order valence-corrected chi connectivity index (χ3v) is 13.7. The number of aliphatic carboxylic acids is 4. The molecule has 0 aromatic heterocycles. The van der Waals surface area contributed by atoms with Crippen LogP contribution in [-0.2, 0) is 98.0 Å². The van der Waals surface area contributed by atoms with Crippen LogP contribution in [0.1, 0.15) is 51.4 Å². The minimum absolute atomic E-state index is 0.254. The lowest BCUT2D eigenvalue weighted by Gasteiger charge is -2.44. The Morgan fingerprint density at radius 3 is 0.968 bits per heavy atom. The van der Waals surface area contributed by atoms with Crippen molar-refractivity contribution in [1.82, 2.24) is 19.6 Å². The van der Waals surface area contributed by atoms with E-state index in [1.54, 1.807) is 0 Å². The molecule has 32 nitrogen and oxygen atoms in total. The number of carboxylic acids is 4. The van der Waals surface area contributed by atoms with E-state index in [9.17, 15) is 107 Å². The number of likely N-dealkylation sites (tertiary alicyclic amines) is 4. The average Bonchev–Trinajstić information content (AvgIpc) is 3.80. The molecule has 4 heterocycles. The van der Waals surface area contributed by atoms with Gasteiger partial charge in [0.15, 0.2) is 26.7 Å². The molecule has 4 atom stereocenters. The van der Waals surface area contributed by atoms with E-state index in [4.69, 9.17) is 19.6 Å². The van der Waals surface area contributed by atoms with Gasteiger partial charge in [0.2, 0.25) is 29.3 Å². The maximum atomic E-state index is 12.6. The van der Waals surface area contributed by atoms with E-state index in [1.165, 1.54) is 0 Å². The molecular weight excluding hydrogens is 945 g/mol. The van der Waals surface area contributed by atoms with Crippen LogP contribution in [-0.4, -0.2) is 195 Å². The minimum atomic E-state index is -5.27. The average molecular weight is 974 g/mol. The highest BCUT2D eigenvalue weighted by Crippen LogP contribution is 2.41. The van der Waals surface area contributed by atoms with Gasteiger partial charge in [0, 0.05) is 6.42 Å². The van der Waals surface area contributed by atoms with Crippen molar-refractivity contribution < 1.29 is 130 Å². The first kappa shape index (κ1) is 48.7. The molecule has 4 aliphatic rings. The number of carboxylic acid groups (broad SMARTS) is 4. The first-order valence-electron chi connectivity index (χ1n) is 16.5. The summed E-state index contributed by atoms with van der Waals surface area (Å²) in [7, 11) is -21.1. The molecule has 0 aliphatic carbocycles. The predicted molar refractivity (Wildman–Crippen MR) is 182 cm³/mol. The molecule has 4 rings (SSSR count). The van der Waals surface area contributed by atoms with E-state index in [0.717, 1.165) is 0 Å². The Labute approximate surface area is 345 Å². The molecule has 4 aliphatic heterocycles. The van der Waals surface area contributed by atoms with Gasteiger partial charge >= 0.3 is 23.9 Å². The Hall–Kier alpha value is -5.92. The van der Waals surface area contributed by atoms with Crippen LogP contribution in [0.5, 0.6) is 0 Å². The second-order valence-electron chi connectivity index (χ2n) is 13.2. The number of nitrogens with zero attached hydrogens (tertiary/aromatic N) is 4. The second kappa shape index (κ2) is 16.7. The number of rotatable bonds is 16. The van der Waals surface area contributed by atoms with Crippen LogP contribution in [0.25, 0.3) is 1.43 Å². The van der Waals surface area contributed by atoms with Crippen LogP contribution in [0.15, 0.2) is 0 Å². The maximum Gasteiger partial charge on any atom is 0.351 e. The number of hydrogen-bond acceptors (Lipinski definition) is 21. The van der Waals surface area contributed by atoms with E-state index < -0.39 is 195 Å². The van der Waals surface area contributed by atoms with Crippen LogP contribution in [0.2, 0.25) is 0 Å². The zero-order valence-corrected chi connectivity index (χ0v) is 33.4. The van der Waals surface area contributed by atoms with Gasteiger partial charge in [-0.15, -0.1) is 0 Å². The van der Waals surface area contributed by atoms with Gasteiger partial charge in [0.05, 0.1) is 44.9 Å². The third kappa shape index (κ3) is 9.29. The summed E-state index contributed by atoms with van der Waals surface area (Å²) in [6.45, 7) is 0. The van der Waals surface area contributed by atoms with Crippen LogP contribution in [0.4, 0.5) is 0 Å². The van der Waals surface area contributed by atoms with Gasteiger partial charge in [0.25, 0.3) is 65.5 Å². The van der Waals surface area contributed by atoms with Gasteiger partial charge < -0.3 is 20.4 Å². The van der Waals surface area contributed by atoms with Crippen molar-refractivity contribution in [3.63, 3.8) is 0 Å². The van der Waals surface area contributed by atoms with Gasteiger partial charge in [0.1, 0.15) is 0 Å². The number of amides is 8. The molecule has 0 radical (unpaired) electrons. The fraction of sp³-hybridized carbons (Fsp3) is 0.538. The van der Waals surface area contributed by atoms with Crippen molar-refractivity contribution in [3.05, 3.63) is 0 Å². The number of hydrogen-bond donors (Lipinski definition) is 8. The van der Waals surface area contributed by atoms with Crippen molar-refractivity contribution in [2.45, 2.75) is 83.7 Å². The van der Waals surface area contributed by atoms with Gasteiger partial charge in [-0.2, -0.15) is 33.7 Å². The summed E-state index contributed by atoms with van der Waals surface area (Å²) in [5.74, 6) is -21.5. The molecule has 62 heavy (non-hydrogen) atoms. The third-order valence-electron chi connectivity index (χ3n) is 9.32. The molecule has 0 bridgehead atoms. The van der Waals surface area contributed by atoms with Crippen LogP contribution >= 0.6 is 0 Å². The maximum absolute atomic E-state index is 12.6. The number of imide groups is 4. The zero-order chi connectivity index (χ0) is 48.9. The van der Waals surface area contributed by atoms with E-state index in [-0.39, 0.29) is 19.6 Å². The molecule has 36 heteroatoms. The summed E-state index contributed by atoms with van der Waals surface area (Å²) >= 11 is 0. The highest BCUT2D eigenvalue weighted by atomic mass is 32.2. The smallest absolute Gasteiger partial charge is 0.351 e. The van der Waals surface area contributed by atoms with Crippen LogP contribution in [0.3, 0.4) is 0 Å². The van der Waals surface area contributed by atoms with E-state index in [1.807, 2.05) is 0 Å². The summed E-state index contributed by atoms with van der Waals surface area (Å²) in [4.78, 5) is 146. The summed E-state index contributed by atoms with van der Waals surface area (Å²) in [6, 6.07) is 0. The molecule has 4 unspecified atom stereocenters. The molecule has 8 N–H and O–H groups in total. The van der Waals surface area contributed by atoms with Crippen LogP contribution in [0, 0.1) is 0 Å². The van der Waals surface area contributed by atoms with Crippen LogP contribution < -0.4 is 0 Å². The van der Waals surface area contributed by atoms with Crippen molar-refractivity contribution in [2.75, 3.05) is 0 Å². The molecule has 4 saturated heterocycles. The number of carbonyl (C=O) groups is 12. The summed E-state index contributed by atoms with van der Waals surface area (Å²) < 4.78 is 134. The largest absolute Gasteiger partial charge is 0.481 e. The Balaban J connectivity index is 0.000000335.